The van der Waals surface area contributed by atoms with Crippen molar-refractivity contribution < 1.29 is 15.0 Å². The van der Waals surface area contributed by atoms with Gasteiger partial charge in [-0.15, -0.1) is 0 Å². The molecule has 0 aromatic rings. The Morgan fingerprint density at radius 2 is 1.85 bits per heavy atom. The van der Waals surface area contributed by atoms with E-state index in [1.165, 1.54) is 19.3 Å². The summed E-state index contributed by atoms with van der Waals surface area (Å²) < 4.78 is 0. The normalized spacial score (nSPS) is 12.8. The number of unbranched alkanes of at least 4 members (excludes halogenated alkanes) is 4. The number of hydrogen-bond donors (Lipinski definition) is 2. The summed E-state index contributed by atoms with van der Waals surface area (Å²) in [6.45, 7) is 2.15. The van der Waals surface area contributed by atoms with E-state index in [9.17, 15) is 9.90 Å². The molecule has 0 rings (SSSR count). The van der Waals surface area contributed by atoms with E-state index in [1.807, 2.05) is 0 Å². The van der Waals surface area contributed by atoms with Crippen LogP contribution in [-0.4, -0.2) is 22.3 Å². The van der Waals surface area contributed by atoms with Crippen molar-refractivity contribution in [2.24, 2.45) is 0 Å². The lowest BCUT2D eigenvalue weighted by Gasteiger charge is -2.06. The van der Waals surface area contributed by atoms with Crippen LogP contribution >= 0.6 is 0 Å². The Labute approximate surface area is 79.8 Å². The van der Waals surface area contributed by atoms with Gasteiger partial charge in [0.05, 0.1) is 12.5 Å². The number of rotatable bonds is 8. The molecule has 0 aromatic carbocycles. The molecule has 3 heteroatoms. The van der Waals surface area contributed by atoms with Gasteiger partial charge in [0.2, 0.25) is 0 Å². The molecule has 0 spiro atoms. The molecular weight excluding hydrogens is 168 g/mol. The van der Waals surface area contributed by atoms with E-state index in [2.05, 4.69) is 6.92 Å². The van der Waals surface area contributed by atoms with Gasteiger partial charge in [-0.1, -0.05) is 39.0 Å². The summed E-state index contributed by atoms with van der Waals surface area (Å²) in [7, 11) is 0. The van der Waals surface area contributed by atoms with E-state index >= 15 is 0 Å². The number of carbonyl (C=O) groups is 1. The van der Waals surface area contributed by atoms with Crippen LogP contribution in [0, 0.1) is 0 Å². The molecule has 0 saturated heterocycles. The molecule has 0 radical (unpaired) electrons. The maximum Gasteiger partial charge on any atom is 0.305 e. The second kappa shape index (κ2) is 8.05. The van der Waals surface area contributed by atoms with Crippen LogP contribution in [0.3, 0.4) is 0 Å². The van der Waals surface area contributed by atoms with E-state index in [1.54, 1.807) is 0 Å². The van der Waals surface area contributed by atoms with E-state index < -0.39 is 12.1 Å². The van der Waals surface area contributed by atoms with Crippen LogP contribution in [0.2, 0.25) is 0 Å². The lowest BCUT2D eigenvalue weighted by molar-refractivity contribution is -0.139. The van der Waals surface area contributed by atoms with Crippen molar-refractivity contribution >= 4 is 5.97 Å². The van der Waals surface area contributed by atoms with Crippen LogP contribution in [0.25, 0.3) is 0 Å². The topological polar surface area (TPSA) is 57.5 Å². The molecule has 0 aliphatic carbocycles. The van der Waals surface area contributed by atoms with Gasteiger partial charge in [-0.3, -0.25) is 4.79 Å². The monoisotopic (exact) mass is 188 g/mol. The second-order valence-electron chi connectivity index (χ2n) is 3.45. The first-order chi connectivity index (χ1) is 6.16. The maximum absolute atomic E-state index is 10.2. The van der Waals surface area contributed by atoms with E-state index in [-0.39, 0.29) is 6.42 Å². The first-order valence-corrected chi connectivity index (χ1v) is 5.06. The van der Waals surface area contributed by atoms with Gasteiger partial charge in [-0.25, -0.2) is 0 Å². The Hall–Kier alpha value is -0.570. The highest BCUT2D eigenvalue weighted by Crippen LogP contribution is 2.08. The summed E-state index contributed by atoms with van der Waals surface area (Å²) >= 11 is 0. The summed E-state index contributed by atoms with van der Waals surface area (Å²) in [5.74, 6) is -0.916. The van der Waals surface area contributed by atoms with Gasteiger partial charge in [-0.05, 0) is 6.42 Å². The molecule has 0 aliphatic heterocycles. The van der Waals surface area contributed by atoms with E-state index in [0.29, 0.717) is 6.42 Å². The third-order valence-electron chi connectivity index (χ3n) is 2.05. The van der Waals surface area contributed by atoms with Crippen LogP contribution in [0.4, 0.5) is 0 Å². The van der Waals surface area contributed by atoms with Crippen LogP contribution in [0.15, 0.2) is 0 Å². The average Bonchev–Trinajstić information content (AvgIpc) is 2.02. The Morgan fingerprint density at radius 1 is 1.23 bits per heavy atom. The zero-order valence-corrected chi connectivity index (χ0v) is 8.33. The largest absolute Gasteiger partial charge is 0.481 e. The Bertz CT molecular complexity index is 134. The summed E-state index contributed by atoms with van der Waals surface area (Å²) in [5.41, 5.74) is 0. The molecule has 2 N–H and O–H groups in total. The number of aliphatic hydroxyl groups excluding tert-OH is 1. The Balaban J connectivity index is 3.17. The maximum atomic E-state index is 10.2. The van der Waals surface area contributed by atoms with E-state index in [0.717, 1.165) is 12.8 Å². The van der Waals surface area contributed by atoms with Gasteiger partial charge >= 0.3 is 5.97 Å². The van der Waals surface area contributed by atoms with Crippen molar-refractivity contribution in [3.63, 3.8) is 0 Å². The molecule has 0 saturated carbocycles. The van der Waals surface area contributed by atoms with Gasteiger partial charge in [0.15, 0.2) is 0 Å². The molecule has 0 aromatic heterocycles. The minimum atomic E-state index is -0.916. The van der Waals surface area contributed by atoms with Gasteiger partial charge in [0, 0.05) is 0 Å². The Kier molecular flexibility index (Phi) is 7.69. The minimum Gasteiger partial charge on any atom is -0.481 e. The molecule has 13 heavy (non-hydrogen) atoms. The summed E-state index contributed by atoms with van der Waals surface area (Å²) in [6.07, 6.45) is 5.52. The third-order valence-corrected chi connectivity index (χ3v) is 2.05. The van der Waals surface area contributed by atoms with Crippen LogP contribution < -0.4 is 0 Å². The zero-order valence-electron chi connectivity index (χ0n) is 8.33. The molecule has 0 aliphatic rings. The van der Waals surface area contributed by atoms with Crippen molar-refractivity contribution in [2.75, 3.05) is 0 Å². The molecular formula is C10H20O3. The molecule has 78 valence electrons. The van der Waals surface area contributed by atoms with Crippen LogP contribution in [-0.2, 0) is 4.79 Å². The number of aliphatic carboxylic acids is 1. The fourth-order valence-corrected chi connectivity index (χ4v) is 1.29. The molecule has 0 unspecified atom stereocenters. The van der Waals surface area contributed by atoms with Gasteiger partial charge in [0.1, 0.15) is 0 Å². The fourth-order valence-electron chi connectivity index (χ4n) is 1.29. The van der Waals surface area contributed by atoms with Crippen molar-refractivity contribution in [3.8, 4) is 0 Å². The summed E-state index contributed by atoms with van der Waals surface area (Å²) in [4.78, 5) is 10.2. The number of carboxylic acid groups (broad SMARTS) is 1. The van der Waals surface area contributed by atoms with Crippen molar-refractivity contribution in [1.29, 1.82) is 0 Å². The zero-order chi connectivity index (χ0) is 10.1. The molecule has 0 amide bonds. The van der Waals surface area contributed by atoms with Gasteiger partial charge < -0.3 is 10.2 Å². The summed E-state index contributed by atoms with van der Waals surface area (Å²) in [6, 6.07) is 0. The summed E-state index contributed by atoms with van der Waals surface area (Å²) in [5, 5.41) is 17.6. The highest BCUT2D eigenvalue weighted by atomic mass is 16.4. The van der Waals surface area contributed by atoms with Crippen molar-refractivity contribution in [3.05, 3.63) is 0 Å². The smallest absolute Gasteiger partial charge is 0.305 e. The molecule has 0 heterocycles. The second-order valence-corrected chi connectivity index (χ2v) is 3.45. The van der Waals surface area contributed by atoms with Gasteiger partial charge in [0.25, 0.3) is 0 Å². The Morgan fingerprint density at radius 3 is 2.38 bits per heavy atom. The number of hydrogen-bond acceptors (Lipinski definition) is 2. The van der Waals surface area contributed by atoms with E-state index in [4.69, 9.17) is 5.11 Å². The molecule has 1 atom stereocenters. The predicted octanol–water partition coefficient (Wildman–Crippen LogP) is 2.18. The van der Waals surface area contributed by atoms with Crippen LogP contribution in [0.5, 0.6) is 0 Å². The highest BCUT2D eigenvalue weighted by molar-refractivity contribution is 5.67. The SMILES string of the molecule is CCCCCCC[C@H](O)CC(=O)O. The third kappa shape index (κ3) is 9.34. The van der Waals surface area contributed by atoms with Gasteiger partial charge in [-0.2, -0.15) is 0 Å². The molecule has 3 nitrogen and oxygen atoms in total. The lowest BCUT2D eigenvalue weighted by atomic mass is 10.1. The lowest BCUT2D eigenvalue weighted by Crippen LogP contribution is -2.12. The van der Waals surface area contributed by atoms with Crippen LogP contribution in [0.1, 0.15) is 51.9 Å². The number of carboxylic acids is 1. The van der Waals surface area contributed by atoms with Crippen molar-refractivity contribution in [2.45, 2.75) is 58.0 Å². The fraction of sp³-hybridized carbons (Fsp3) is 0.900. The first-order valence-electron chi connectivity index (χ1n) is 5.06. The average molecular weight is 188 g/mol. The first kappa shape index (κ1) is 12.4. The quantitative estimate of drug-likeness (QED) is 0.574. The molecule has 0 bridgehead atoms. The molecule has 0 fully saturated rings. The predicted molar refractivity (Wildman–Crippen MR) is 51.6 cm³/mol. The highest BCUT2D eigenvalue weighted by Gasteiger charge is 2.08. The number of aliphatic hydroxyl groups is 1. The minimum absolute atomic E-state index is 0.117. The standard InChI is InChI=1S/C10H20O3/c1-2-3-4-5-6-7-9(11)8-10(12)13/h9,11H,2-8H2,1H3,(H,12,13)/t9-/m0/s1. The van der Waals surface area contributed by atoms with Crippen molar-refractivity contribution in [1.82, 2.24) is 0 Å².